The second kappa shape index (κ2) is 8.04. The average Bonchev–Trinajstić information content (AvgIpc) is 2.68. The summed E-state index contributed by atoms with van der Waals surface area (Å²) < 4.78 is 13.9. The van der Waals surface area contributed by atoms with Crippen molar-refractivity contribution in [3.8, 4) is 0 Å². The topological polar surface area (TPSA) is 37.8 Å². The van der Waals surface area contributed by atoms with Gasteiger partial charge in [-0.05, 0) is 36.6 Å². The van der Waals surface area contributed by atoms with Crippen LogP contribution in [-0.2, 0) is 5.75 Å². The Hall–Kier alpha value is -2.14. The molecule has 1 N–H and O–H groups in total. The fourth-order valence-corrected chi connectivity index (χ4v) is 4.27. The first-order chi connectivity index (χ1) is 12.8. The smallest absolute Gasteiger partial charge is 0.190 e. The molecule has 4 rings (SSSR count). The summed E-state index contributed by atoms with van der Waals surface area (Å²) in [6.45, 7) is 0. The molecule has 0 radical (unpaired) electrons. The average molecular weight is 367 g/mol. The van der Waals surface area contributed by atoms with E-state index >= 15 is 0 Å². The summed E-state index contributed by atoms with van der Waals surface area (Å²) in [5.74, 6) is 1.24. The first-order valence-corrected chi connectivity index (χ1v) is 10.2. The third-order valence-corrected chi connectivity index (χ3v) is 5.74. The zero-order valence-electron chi connectivity index (χ0n) is 14.6. The fourth-order valence-electron chi connectivity index (χ4n) is 3.43. The molecule has 134 valence electrons. The molecular weight excluding hydrogens is 345 g/mol. The third kappa shape index (κ3) is 3.98. The molecule has 5 heteroatoms. The second-order valence-corrected chi connectivity index (χ2v) is 7.67. The van der Waals surface area contributed by atoms with Crippen LogP contribution in [0.3, 0.4) is 0 Å². The Kier molecular flexibility index (Phi) is 5.34. The van der Waals surface area contributed by atoms with E-state index in [4.69, 9.17) is 4.98 Å². The Labute approximate surface area is 157 Å². The van der Waals surface area contributed by atoms with Crippen LogP contribution in [-0.4, -0.2) is 16.0 Å². The maximum absolute atomic E-state index is 13.9. The lowest BCUT2D eigenvalue weighted by atomic mass is 9.95. The van der Waals surface area contributed by atoms with Crippen molar-refractivity contribution in [2.45, 2.75) is 49.1 Å². The highest BCUT2D eigenvalue weighted by Gasteiger charge is 2.16. The van der Waals surface area contributed by atoms with E-state index in [0.717, 1.165) is 16.7 Å². The number of hydrogen-bond acceptors (Lipinski definition) is 4. The van der Waals surface area contributed by atoms with Crippen LogP contribution in [0.5, 0.6) is 0 Å². The van der Waals surface area contributed by atoms with Crippen molar-refractivity contribution in [2.24, 2.45) is 0 Å². The van der Waals surface area contributed by atoms with Crippen molar-refractivity contribution in [1.82, 2.24) is 9.97 Å². The number of para-hydroxylation sites is 1. The van der Waals surface area contributed by atoms with Gasteiger partial charge in [-0.3, -0.25) is 0 Å². The third-order valence-electron chi connectivity index (χ3n) is 4.84. The van der Waals surface area contributed by atoms with E-state index in [1.54, 1.807) is 6.07 Å². The predicted molar refractivity (Wildman–Crippen MR) is 106 cm³/mol. The van der Waals surface area contributed by atoms with Crippen LogP contribution in [0.4, 0.5) is 10.2 Å². The van der Waals surface area contributed by atoms with Crippen LogP contribution < -0.4 is 5.32 Å². The van der Waals surface area contributed by atoms with Gasteiger partial charge in [0.25, 0.3) is 0 Å². The van der Waals surface area contributed by atoms with Crippen LogP contribution >= 0.6 is 11.8 Å². The standard InChI is InChI=1S/C21H22FN3S/c22-18-12-6-4-8-15(18)14-26-21-24-19-13-7-5-11-17(19)20(25-21)23-16-9-2-1-3-10-16/h4-8,11-13,16H,1-3,9-10,14H2,(H,23,24,25). The van der Waals surface area contributed by atoms with Crippen molar-refractivity contribution >= 4 is 28.5 Å². The number of nitrogens with one attached hydrogen (secondary N) is 1. The maximum Gasteiger partial charge on any atom is 0.190 e. The molecule has 3 nitrogen and oxygen atoms in total. The van der Waals surface area contributed by atoms with Gasteiger partial charge >= 0.3 is 0 Å². The van der Waals surface area contributed by atoms with Crippen LogP contribution in [0.1, 0.15) is 37.7 Å². The van der Waals surface area contributed by atoms with Crippen molar-refractivity contribution in [3.63, 3.8) is 0 Å². The Morgan fingerprint density at radius 3 is 2.58 bits per heavy atom. The van der Waals surface area contributed by atoms with Gasteiger partial charge in [-0.2, -0.15) is 0 Å². The quantitative estimate of drug-likeness (QED) is 0.456. The van der Waals surface area contributed by atoms with Gasteiger partial charge in [-0.15, -0.1) is 0 Å². The number of anilines is 1. The molecule has 1 aromatic heterocycles. The summed E-state index contributed by atoms with van der Waals surface area (Å²) in [5.41, 5.74) is 1.60. The summed E-state index contributed by atoms with van der Waals surface area (Å²) in [6, 6.07) is 15.4. The lowest BCUT2D eigenvalue weighted by Gasteiger charge is -2.24. The molecule has 0 saturated heterocycles. The highest BCUT2D eigenvalue weighted by molar-refractivity contribution is 7.98. The highest BCUT2D eigenvalue weighted by atomic mass is 32.2. The molecule has 0 aliphatic heterocycles. The van der Waals surface area contributed by atoms with Gasteiger partial charge in [-0.1, -0.05) is 61.4 Å². The van der Waals surface area contributed by atoms with Gasteiger partial charge < -0.3 is 5.32 Å². The Morgan fingerprint density at radius 2 is 1.73 bits per heavy atom. The van der Waals surface area contributed by atoms with E-state index in [1.165, 1.54) is 49.9 Å². The molecule has 0 bridgehead atoms. The number of halogens is 1. The molecule has 0 amide bonds. The molecule has 1 fully saturated rings. The maximum atomic E-state index is 13.9. The van der Waals surface area contributed by atoms with Crippen molar-refractivity contribution < 1.29 is 4.39 Å². The molecule has 0 atom stereocenters. The fraction of sp³-hybridized carbons (Fsp3) is 0.333. The van der Waals surface area contributed by atoms with Crippen LogP contribution in [0.2, 0.25) is 0 Å². The van der Waals surface area contributed by atoms with E-state index in [9.17, 15) is 4.39 Å². The number of aromatic nitrogens is 2. The summed E-state index contributed by atoms with van der Waals surface area (Å²) >= 11 is 1.48. The number of fused-ring (bicyclic) bond motifs is 1. The molecule has 1 aliphatic carbocycles. The molecule has 0 unspecified atom stereocenters. The van der Waals surface area contributed by atoms with Gasteiger partial charge in [0.05, 0.1) is 5.52 Å². The zero-order valence-corrected chi connectivity index (χ0v) is 15.4. The van der Waals surface area contributed by atoms with Gasteiger partial charge in [0.1, 0.15) is 11.6 Å². The highest BCUT2D eigenvalue weighted by Crippen LogP contribution is 2.29. The first-order valence-electron chi connectivity index (χ1n) is 9.19. The van der Waals surface area contributed by atoms with E-state index < -0.39 is 0 Å². The molecule has 2 aromatic carbocycles. The van der Waals surface area contributed by atoms with E-state index in [1.807, 2.05) is 30.3 Å². The lowest BCUT2D eigenvalue weighted by molar-refractivity contribution is 0.462. The number of nitrogens with zero attached hydrogens (tertiary/aromatic N) is 2. The van der Waals surface area contributed by atoms with E-state index in [2.05, 4.69) is 16.4 Å². The van der Waals surface area contributed by atoms with Crippen LogP contribution in [0.15, 0.2) is 53.7 Å². The summed E-state index contributed by atoms with van der Waals surface area (Å²) in [7, 11) is 0. The van der Waals surface area contributed by atoms with E-state index in [0.29, 0.717) is 22.5 Å². The van der Waals surface area contributed by atoms with Gasteiger partial charge in [0.2, 0.25) is 0 Å². The van der Waals surface area contributed by atoms with Gasteiger partial charge in [0, 0.05) is 17.2 Å². The Morgan fingerprint density at radius 1 is 0.962 bits per heavy atom. The van der Waals surface area contributed by atoms with Crippen molar-refractivity contribution in [3.05, 3.63) is 59.9 Å². The number of rotatable bonds is 5. The molecule has 1 heterocycles. The molecule has 0 spiro atoms. The predicted octanol–water partition coefficient (Wildman–Crippen LogP) is 5.81. The summed E-state index contributed by atoms with van der Waals surface area (Å²) in [5, 5.41) is 5.37. The normalized spacial score (nSPS) is 15.3. The van der Waals surface area contributed by atoms with Gasteiger partial charge in [0.15, 0.2) is 5.16 Å². The van der Waals surface area contributed by atoms with Crippen molar-refractivity contribution in [1.29, 1.82) is 0 Å². The monoisotopic (exact) mass is 367 g/mol. The molecule has 26 heavy (non-hydrogen) atoms. The minimum atomic E-state index is -0.179. The largest absolute Gasteiger partial charge is 0.367 e. The number of benzene rings is 2. The van der Waals surface area contributed by atoms with Crippen molar-refractivity contribution in [2.75, 3.05) is 5.32 Å². The minimum Gasteiger partial charge on any atom is -0.367 e. The van der Waals surface area contributed by atoms with E-state index in [-0.39, 0.29) is 5.82 Å². The number of hydrogen-bond donors (Lipinski definition) is 1. The van der Waals surface area contributed by atoms with Crippen LogP contribution in [0.25, 0.3) is 10.9 Å². The second-order valence-electron chi connectivity index (χ2n) is 6.73. The Bertz CT molecular complexity index is 893. The first kappa shape index (κ1) is 17.3. The molecule has 3 aromatic rings. The Balaban J connectivity index is 1.59. The summed E-state index contributed by atoms with van der Waals surface area (Å²) in [6.07, 6.45) is 6.25. The molecule has 1 aliphatic rings. The number of thioether (sulfide) groups is 1. The molecule has 1 saturated carbocycles. The summed E-state index contributed by atoms with van der Waals surface area (Å²) in [4.78, 5) is 9.42. The molecular formula is C21H22FN3S. The van der Waals surface area contributed by atoms with Crippen LogP contribution in [0, 0.1) is 5.82 Å². The van der Waals surface area contributed by atoms with Gasteiger partial charge in [-0.25, -0.2) is 14.4 Å². The zero-order chi connectivity index (χ0) is 17.8. The minimum absolute atomic E-state index is 0.179. The SMILES string of the molecule is Fc1ccccc1CSc1nc(NC2CCCCC2)c2ccccc2n1. The lowest BCUT2D eigenvalue weighted by Crippen LogP contribution is -2.23.